The van der Waals surface area contributed by atoms with Crippen molar-refractivity contribution < 1.29 is 4.74 Å². The molecule has 1 nitrogen and oxygen atoms in total. The van der Waals surface area contributed by atoms with Crippen LogP contribution in [0.1, 0.15) is 31.7 Å². The van der Waals surface area contributed by atoms with E-state index < -0.39 is 0 Å². The van der Waals surface area contributed by atoms with E-state index in [1.807, 2.05) is 12.1 Å². The predicted molar refractivity (Wildman–Crippen MR) is 68.9 cm³/mol. The van der Waals surface area contributed by atoms with Gasteiger partial charge in [0, 0.05) is 5.33 Å². The lowest BCUT2D eigenvalue weighted by molar-refractivity contribution is 0.186. The van der Waals surface area contributed by atoms with E-state index in [1.54, 1.807) is 0 Å². The molecule has 15 heavy (non-hydrogen) atoms. The van der Waals surface area contributed by atoms with Gasteiger partial charge in [-0.05, 0) is 38.3 Å². The Morgan fingerprint density at radius 1 is 1.27 bits per heavy atom. The Morgan fingerprint density at radius 3 is 2.47 bits per heavy atom. The molecule has 0 aliphatic heterocycles. The number of rotatable bonds is 6. The topological polar surface area (TPSA) is 9.23 Å². The van der Waals surface area contributed by atoms with E-state index >= 15 is 0 Å². The van der Waals surface area contributed by atoms with Crippen molar-refractivity contribution in [1.29, 1.82) is 0 Å². The molecule has 0 N–H and O–H groups in total. The van der Waals surface area contributed by atoms with E-state index in [0.717, 1.165) is 23.9 Å². The van der Waals surface area contributed by atoms with Crippen LogP contribution in [-0.2, 0) is 0 Å². The van der Waals surface area contributed by atoms with Crippen LogP contribution in [-0.4, -0.2) is 11.4 Å². The first kappa shape index (κ1) is 12.6. The van der Waals surface area contributed by atoms with Crippen LogP contribution in [0.5, 0.6) is 5.75 Å². The highest BCUT2D eigenvalue weighted by Gasteiger charge is 2.06. The molecule has 0 aliphatic rings. The molecule has 0 radical (unpaired) electrons. The van der Waals surface area contributed by atoms with Gasteiger partial charge >= 0.3 is 0 Å². The molecule has 0 aromatic heterocycles. The zero-order valence-corrected chi connectivity index (χ0v) is 11.1. The maximum Gasteiger partial charge on any atom is 0.119 e. The fourth-order valence-corrected chi connectivity index (χ4v) is 1.78. The standard InChI is InChI=1S/C13H19BrO/c1-3-12(5-4-10-14)15-13-8-6-11(2)7-9-13/h6-9,12H,3-5,10H2,1-2H3. The second kappa shape index (κ2) is 6.89. The number of hydrogen-bond acceptors (Lipinski definition) is 1. The second-order valence-corrected chi connectivity index (χ2v) is 4.59. The van der Waals surface area contributed by atoms with Gasteiger partial charge in [-0.1, -0.05) is 40.5 Å². The van der Waals surface area contributed by atoms with E-state index in [1.165, 1.54) is 12.0 Å². The van der Waals surface area contributed by atoms with E-state index in [0.29, 0.717) is 6.10 Å². The molecule has 0 spiro atoms. The highest BCUT2D eigenvalue weighted by atomic mass is 79.9. The summed E-state index contributed by atoms with van der Waals surface area (Å²) >= 11 is 3.45. The molecule has 0 saturated heterocycles. The molecule has 1 aromatic rings. The Balaban J connectivity index is 2.47. The Bertz CT molecular complexity index is 268. The minimum absolute atomic E-state index is 0.352. The molecular weight excluding hydrogens is 252 g/mol. The molecule has 0 fully saturated rings. The van der Waals surface area contributed by atoms with E-state index in [-0.39, 0.29) is 0 Å². The summed E-state index contributed by atoms with van der Waals surface area (Å²) < 4.78 is 5.90. The van der Waals surface area contributed by atoms with Gasteiger partial charge in [0.2, 0.25) is 0 Å². The third kappa shape index (κ3) is 4.70. The van der Waals surface area contributed by atoms with Gasteiger partial charge in [0.15, 0.2) is 0 Å². The Hall–Kier alpha value is -0.500. The van der Waals surface area contributed by atoms with Crippen LogP contribution in [0.3, 0.4) is 0 Å². The lowest BCUT2D eigenvalue weighted by Gasteiger charge is -2.17. The molecular formula is C13H19BrO. The predicted octanol–water partition coefficient (Wildman–Crippen LogP) is 4.33. The summed E-state index contributed by atoms with van der Waals surface area (Å²) in [7, 11) is 0. The van der Waals surface area contributed by atoms with Gasteiger partial charge in [-0.25, -0.2) is 0 Å². The number of aryl methyl sites for hydroxylation is 1. The van der Waals surface area contributed by atoms with Gasteiger partial charge in [-0.3, -0.25) is 0 Å². The second-order valence-electron chi connectivity index (χ2n) is 3.79. The number of halogens is 1. The SMILES string of the molecule is CCC(CCCBr)Oc1ccc(C)cc1. The number of alkyl halides is 1. The summed E-state index contributed by atoms with van der Waals surface area (Å²) in [5, 5.41) is 1.06. The zero-order chi connectivity index (χ0) is 11.1. The molecule has 0 amide bonds. The van der Waals surface area contributed by atoms with Crippen LogP contribution in [0.15, 0.2) is 24.3 Å². The van der Waals surface area contributed by atoms with Crippen LogP contribution < -0.4 is 4.74 Å². The molecule has 0 bridgehead atoms. The van der Waals surface area contributed by atoms with Gasteiger partial charge in [-0.2, -0.15) is 0 Å². The molecule has 1 unspecified atom stereocenters. The van der Waals surface area contributed by atoms with Gasteiger partial charge in [0.1, 0.15) is 5.75 Å². The van der Waals surface area contributed by atoms with Crippen LogP contribution >= 0.6 is 15.9 Å². The maximum absolute atomic E-state index is 5.90. The van der Waals surface area contributed by atoms with Crippen LogP contribution in [0.25, 0.3) is 0 Å². The largest absolute Gasteiger partial charge is 0.490 e. The summed E-state index contributed by atoms with van der Waals surface area (Å²) in [5.41, 5.74) is 1.27. The molecule has 84 valence electrons. The highest BCUT2D eigenvalue weighted by molar-refractivity contribution is 9.09. The van der Waals surface area contributed by atoms with Crippen molar-refractivity contribution in [2.75, 3.05) is 5.33 Å². The number of benzene rings is 1. The summed E-state index contributed by atoms with van der Waals surface area (Å²) in [6, 6.07) is 8.28. The zero-order valence-electron chi connectivity index (χ0n) is 9.50. The van der Waals surface area contributed by atoms with Crippen molar-refractivity contribution in [3.8, 4) is 5.75 Å². The number of hydrogen-bond donors (Lipinski definition) is 0. The molecule has 1 rings (SSSR count). The monoisotopic (exact) mass is 270 g/mol. The highest BCUT2D eigenvalue weighted by Crippen LogP contribution is 2.17. The Labute approximate surface area is 101 Å². The Kier molecular flexibility index (Phi) is 5.77. The van der Waals surface area contributed by atoms with Gasteiger partial charge in [0.25, 0.3) is 0 Å². The van der Waals surface area contributed by atoms with Gasteiger partial charge < -0.3 is 4.74 Å². The number of ether oxygens (including phenoxy) is 1. The third-order valence-corrected chi connectivity index (χ3v) is 3.00. The lowest BCUT2D eigenvalue weighted by atomic mass is 10.1. The van der Waals surface area contributed by atoms with Crippen molar-refractivity contribution >= 4 is 15.9 Å². The van der Waals surface area contributed by atoms with Crippen molar-refractivity contribution in [2.45, 2.75) is 39.2 Å². The van der Waals surface area contributed by atoms with E-state index in [2.05, 4.69) is 41.9 Å². The van der Waals surface area contributed by atoms with Crippen molar-refractivity contribution in [3.63, 3.8) is 0 Å². The quantitative estimate of drug-likeness (QED) is 0.700. The summed E-state index contributed by atoms with van der Waals surface area (Å²) in [6.07, 6.45) is 3.71. The minimum atomic E-state index is 0.352. The van der Waals surface area contributed by atoms with Crippen LogP contribution in [0.2, 0.25) is 0 Å². The molecule has 0 heterocycles. The normalized spacial score (nSPS) is 12.5. The van der Waals surface area contributed by atoms with Gasteiger partial charge in [0.05, 0.1) is 6.10 Å². The molecule has 1 atom stereocenters. The summed E-state index contributed by atoms with van der Waals surface area (Å²) in [4.78, 5) is 0. The lowest BCUT2D eigenvalue weighted by Crippen LogP contribution is -2.15. The fourth-order valence-electron chi connectivity index (χ4n) is 1.46. The summed E-state index contributed by atoms with van der Waals surface area (Å²) in [6.45, 7) is 4.26. The van der Waals surface area contributed by atoms with E-state index in [9.17, 15) is 0 Å². The first-order valence-electron chi connectivity index (χ1n) is 5.55. The minimum Gasteiger partial charge on any atom is -0.490 e. The molecule has 0 aliphatic carbocycles. The average molecular weight is 271 g/mol. The molecule has 0 saturated carbocycles. The van der Waals surface area contributed by atoms with Gasteiger partial charge in [-0.15, -0.1) is 0 Å². The van der Waals surface area contributed by atoms with Crippen LogP contribution in [0, 0.1) is 6.92 Å². The maximum atomic E-state index is 5.90. The van der Waals surface area contributed by atoms with Crippen molar-refractivity contribution in [1.82, 2.24) is 0 Å². The van der Waals surface area contributed by atoms with Crippen molar-refractivity contribution in [2.24, 2.45) is 0 Å². The average Bonchev–Trinajstić information content (AvgIpc) is 2.27. The molecule has 2 heteroatoms. The Morgan fingerprint density at radius 2 is 1.93 bits per heavy atom. The first-order chi connectivity index (χ1) is 7.26. The fraction of sp³-hybridized carbons (Fsp3) is 0.538. The van der Waals surface area contributed by atoms with E-state index in [4.69, 9.17) is 4.74 Å². The third-order valence-electron chi connectivity index (χ3n) is 2.44. The first-order valence-corrected chi connectivity index (χ1v) is 6.67. The van der Waals surface area contributed by atoms with Crippen molar-refractivity contribution in [3.05, 3.63) is 29.8 Å². The molecule has 1 aromatic carbocycles. The summed E-state index contributed by atoms with van der Waals surface area (Å²) in [5.74, 6) is 0.988. The smallest absolute Gasteiger partial charge is 0.119 e. The van der Waals surface area contributed by atoms with Crippen LogP contribution in [0.4, 0.5) is 0 Å².